The van der Waals surface area contributed by atoms with Gasteiger partial charge in [0.2, 0.25) is 5.91 Å². The molecular formula is C16H30N2OS. The van der Waals surface area contributed by atoms with Gasteiger partial charge in [-0.05, 0) is 19.3 Å². The Hall–Kier alpha value is -0.640. The second kappa shape index (κ2) is 9.32. The van der Waals surface area contributed by atoms with E-state index in [1.165, 1.54) is 32.1 Å². The Balaban J connectivity index is 2.51. The molecule has 0 aromatic carbocycles. The van der Waals surface area contributed by atoms with E-state index in [0.717, 1.165) is 38.5 Å². The lowest BCUT2D eigenvalue weighted by molar-refractivity contribution is -0.122. The molecule has 1 amide bonds. The predicted octanol–water partition coefficient (Wildman–Crippen LogP) is 3.84. The molecule has 0 aromatic rings. The fourth-order valence-electron chi connectivity index (χ4n) is 2.98. The van der Waals surface area contributed by atoms with Gasteiger partial charge in [-0.2, -0.15) is 0 Å². The molecule has 0 saturated heterocycles. The second-order valence-corrected chi connectivity index (χ2v) is 6.51. The van der Waals surface area contributed by atoms with Crippen molar-refractivity contribution in [2.24, 2.45) is 5.73 Å². The molecule has 4 heteroatoms. The molecule has 0 aromatic heterocycles. The molecule has 1 saturated carbocycles. The van der Waals surface area contributed by atoms with Gasteiger partial charge >= 0.3 is 0 Å². The summed E-state index contributed by atoms with van der Waals surface area (Å²) in [6.07, 6.45) is 12.8. The summed E-state index contributed by atoms with van der Waals surface area (Å²) in [5.74, 6) is 0.120. The molecule has 0 spiro atoms. The quantitative estimate of drug-likeness (QED) is 0.554. The molecule has 0 radical (unpaired) electrons. The SMILES string of the molecule is CCCCCCC(=O)NC1(C(N)=S)CCCCCCC1. The van der Waals surface area contributed by atoms with Crippen molar-refractivity contribution >= 4 is 23.1 Å². The first kappa shape index (κ1) is 17.4. The largest absolute Gasteiger partial charge is 0.391 e. The van der Waals surface area contributed by atoms with E-state index < -0.39 is 5.54 Å². The predicted molar refractivity (Wildman–Crippen MR) is 88.7 cm³/mol. The first-order valence-corrected chi connectivity index (χ1v) is 8.62. The third-order valence-electron chi connectivity index (χ3n) is 4.31. The number of nitrogens with one attached hydrogen (secondary N) is 1. The van der Waals surface area contributed by atoms with Crippen LogP contribution in [-0.2, 0) is 4.79 Å². The zero-order valence-corrected chi connectivity index (χ0v) is 13.7. The molecular weight excluding hydrogens is 268 g/mol. The van der Waals surface area contributed by atoms with Gasteiger partial charge in [0.15, 0.2) is 0 Å². The topological polar surface area (TPSA) is 55.1 Å². The molecule has 0 bridgehead atoms. The van der Waals surface area contributed by atoms with Crippen molar-refractivity contribution in [2.45, 2.75) is 89.5 Å². The molecule has 3 nitrogen and oxygen atoms in total. The molecule has 0 heterocycles. The maximum absolute atomic E-state index is 12.2. The van der Waals surface area contributed by atoms with Crippen LogP contribution in [0, 0.1) is 0 Å². The highest BCUT2D eigenvalue weighted by Crippen LogP contribution is 2.27. The van der Waals surface area contributed by atoms with E-state index in [1.807, 2.05) is 0 Å². The average molecular weight is 298 g/mol. The summed E-state index contributed by atoms with van der Waals surface area (Å²) in [6.45, 7) is 2.18. The van der Waals surface area contributed by atoms with Gasteiger partial charge < -0.3 is 11.1 Å². The van der Waals surface area contributed by atoms with Gasteiger partial charge in [0.05, 0.1) is 10.5 Å². The van der Waals surface area contributed by atoms with Gasteiger partial charge in [-0.25, -0.2) is 0 Å². The van der Waals surface area contributed by atoms with Crippen LogP contribution in [0.1, 0.15) is 84.0 Å². The Morgan fingerprint density at radius 1 is 1.10 bits per heavy atom. The van der Waals surface area contributed by atoms with Crippen molar-refractivity contribution in [2.75, 3.05) is 0 Å². The van der Waals surface area contributed by atoms with Gasteiger partial charge in [0.25, 0.3) is 0 Å². The standard InChI is InChI=1S/C16H30N2OS/c1-2-3-4-8-11-14(19)18-16(15(17)20)12-9-6-5-7-10-13-16/h2-13H2,1H3,(H2,17,20)(H,18,19). The van der Waals surface area contributed by atoms with Crippen molar-refractivity contribution in [1.29, 1.82) is 0 Å². The number of hydrogen-bond acceptors (Lipinski definition) is 2. The van der Waals surface area contributed by atoms with E-state index in [-0.39, 0.29) is 5.91 Å². The summed E-state index contributed by atoms with van der Waals surface area (Å²) < 4.78 is 0. The number of carbonyl (C=O) groups is 1. The third kappa shape index (κ3) is 5.78. The highest BCUT2D eigenvalue weighted by molar-refractivity contribution is 7.80. The first-order valence-electron chi connectivity index (χ1n) is 8.21. The second-order valence-electron chi connectivity index (χ2n) is 6.07. The van der Waals surface area contributed by atoms with Crippen LogP contribution in [0.15, 0.2) is 0 Å². The number of nitrogens with two attached hydrogens (primary N) is 1. The highest BCUT2D eigenvalue weighted by Gasteiger charge is 2.34. The van der Waals surface area contributed by atoms with Gasteiger partial charge in [0.1, 0.15) is 0 Å². The number of unbranched alkanes of at least 4 members (excludes halogenated alkanes) is 3. The number of rotatable bonds is 7. The maximum Gasteiger partial charge on any atom is 0.220 e. The summed E-state index contributed by atoms with van der Waals surface area (Å²) in [6, 6.07) is 0. The molecule has 116 valence electrons. The van der Waals surface area contributed by atoms with Crippen molar-refractivity contribution in [3.8, 4) is 0 Å². The van der Waals surface area contributed by atoms with Crippen LogP contribution in [-0.4, -0.2) is 16.4 Å². The van der Waals surface area contributed by atoms with Gasteiger partial charge in [-0.15, -0.1) is 0 Å². The minimum atomic E-state index is -0.419. The summed E-state index contributed by atoms with van der Waals surface area (Å²) in [4.78, 5) is 12.6. The van der Waals surface area contributed by atoms with Crippen LogP contribution in [0.2, 0.25) is 0 Å². The summed E-state index contributed by atoms with van der Waals surface area (Å²) in [5, 5.41) is 3.17. The molecule has 1 rings (SSSR count). The van der Waals surface area contributed by atoms with Crippen molar-refractivity contribution in [3.05, 3.63) is 0 Å². The number of thiocarbonyl (C=S) groups is 1. The first-order chi connectivity index (χ1) is 9.60. The molecule has 0 unspecified atom stereocenters. The monoisotopic (exact) mass is 298 g/mol. The molecule has 0 atom stereocenters. The van der Waals surface area contributed by atoms with E-state index in [2.05, 4.69) is 12.2 Å². The van der Waals surface area contributed by atoms with Crippen LogP contribution < -0.4 is 11.1 Å². The lowest BCUT2D eigenvalue weighted by Gasteiger charge is -2.35. The van der Waals surface area contributed by atoms with E-state index >= 15 is 0 Å². The third-order valence-corrected chi connectivity index (χ3v) is 4.71. The summed E-state index contributed by atoms with van der Waals surface area (Å²) in [7, 11) is 0. The Bertz CT molecular complexity index is 310. The van der Waals surface area contributed by atoms with Crippen molar-refractivity contribution in [3.63, 3.8) is 0 Å². The van der Waals surface area contributed by atoms with E-state index in [9.17, 15) is 4.79 Å². The average Bonchev–Trinajstić information content (AvgIpc) is 2.38. The number of hydrogen-bond donors (Lipinski definition) is 2. The van der Waals surface area contributed by atoms with Crippen LogP contribution in [0.25, 0.3) is 0 Å². The van der Waals surface area contributed by atoms with Gasteiger partial charge in [-0.1, -0.05) is 70.5 Å². The fraction of sp³-hybridized carbons (Fsp3) is 0.875. The molecule has 0 aliphatic heterocycles. The zero-order chi connectivity index (χ0) is 14.8. The molecule has 3 N–H and O–H groups in total. The maximum atomic E-state index is 12.2. The summed E-state index contributed by atoms with van der Waals surface area (Å²) >= 11 is 5.27. The smallest absolute Gasteiger partial charge is 0.220 e. The molecule has 1 fully saturated rings. The Labute approximate surface area is 129 Å². The minimum Gasteiger partial charge on any atom is -0.391 e. The number of amides is 1. The fourth-order valence-corrected chi connectivity index (χ4v) is 3.24. The van der Waals surface area contributed by atoms with E-state index in [4.69, 9.17) is 18.0 Å². The normalized spacial score (nSPS) is 18.9. The Kier molecular flexibility index (Phi) is 8.12. The zero-order valence-electron chi connectivity index (χ0n) is 12.9. The highest BCUT2D eigenvalue weighted by atomic mass is 32.1. The van der Waals surface area contributed by atoms with E-state index in [0.29, 0.717) is 11.4 Å². The number of carbonyl (C=O) groups excluding carboxylic acids is 1. The van der Waals surface area contributed by atoms with Crippen molar-refractivity contribution < 1.29 is 4.79 Å². The van der Waals surface area contributed by atoms with E-state index in [1.54, 1.807) is 0 Å². The molecule has 1 aliphatic rings. The van der Waals surface area contributed by atoms with Gasteiger partial charge in [0, 0.05) is 6.42 Å². The Morgan fingerprint density at radius 3 is 2.25 bits per heavy atom. The van der Waals surface area contributed by atoms with Crippen LogP contribution >= 0.6 is 12.2 Å². The van der Waals surface area contributed by atoms with Gasteiger partial charge in [-0.3, -0.25) is 4.79 Å². The van der Waals surface area contributed by atoms with Crippen molar-refractivity contribution in [1.82, 2.24) is 5.32 Å². The lowest BCUT2D eigenvalue weighted by atomic mass is 9.83. The Morgan fingerprint density at radius 2 is 1.70 bits per heavy atom. The van der Waals surface area contributed by atoms with Crippen LogP contribution in [0.4, 0.5) is 0 Å². The van der Waals surface area contributed by atoms with Crippen LogP contribution in [0.5, 0.6) is 0 Å². The lowest BCUT2D eigenvalue weighted by Crippen LogP contribution is -2.56. The molecule has 20 heavy (non-hydrogen) atoms. The van der Waals surface area contributed by atoms with Crippen LogP contribution in [0.3, 0.4) is 0 Å². The molecule has 1 aliphatic carbocycles. The minimum absolute atomic E-state index is 0.120. The summed E-state index contributed by atoms with van der Waals surface area (Å²) in [5.41, 5.74) is 5.54.